The van der Waals surface area contributed by atoms with Crippen LogP contribution in [0.1, 0.15) is 19.4 Å². The molecule has 1 N–H and O–H groups in total. The Labute approximate surface area is 208 Å². The first-order valence-corrected chi connectivity index (χ1v) is 11.6. The van der Waals surface area contributed by atoms with Crippen molar-refractivity contribution in [2.24, 2.45) is 0 Å². The lowest BCUT2D eigenvalue weighted by atomic mass is 10.0. The SMILES string of the molecule is COc1cccc(-c2nnc3ccc(OCCNC(=O)COc4cccc5c4OC(C)(C)C5)nn23)c1. The number of hydrogen-bond donors (Lipinski definition) is 1. The molecule has 10 heteroatoms. The van der Waals surface area contributed by atoms with Gasteiger partial charge in [0, 0.05) is 23.6 Å². The van der Waals surface area contributed by atoms with Gasteiger partial charge in [0.05, 0.1) is 13.7 Å². The molecule has 10 nitrogen and oxygen atoms in total. The largest absolute Gasteiger partial charge is 0.497 e. The molecule has 0 atom stereocenters. The molecule has 0 bridgehead atoms. The molecule has 0 saturated carbocycles. The summed E-state index contributed by atoms with van der Waals surface area (Å²) in [7, 11) is 1.61. The van der Waals surface area contributed by atoms with Crippen molar-refractivity contribution in [3.63, 3.8) is 0 Å². The van der Waals surface area contributed by atoms with Crippen molar-refractivity contribution in [3.05, 3.63) is 60.2 Å². The molecule has 5 rings (SSSR count). The molecule has 186 valence electrons. The Morgan fingerprint density at radius 1 is 1.11 bits per heavy atom. The maximum Gasteiger partial charge on any atom is 0.258 e. The van der Waals surface area contributed by atoms with Crippen LogP contribution < -0.4 is 24.3 Å². The number of benzene rings is 2. The summed E-state index contributed by atoms with van der Waals surface area (Å²) < 4.78 is 24.3. The number of ether oxygens (including phenoxy) is 4. The molecule has 2 aromatic heterocycles. The predicted molar refractivity (Wildman–Crippen MR) is 132 cm³/mol. The van der Waals surface area contributed by atoms with Crippen LogP contribution in [0.4, 0.5) is 0 Å². The Morgan fingerprint density at radius 2 is 1.97 bits per heavy atom. The number of amides is 1. The number of carbonyl (C=O) groups excluding carboxylic acids is 1. The van der Waals surface area contributed by atoms with Crippen molar-refractivity contribution in [3.8, 4) is 34.5 Å². The first kappa shape index (κ1) is 23.4. The van der Waals surface area contributed by atoms with Gasteiger partial charge in [-0.05, 0) is 38.1 Å². The van der Waals surface area contributed by atoms with Gasteiger partial charge in [-0.3, -0.25) is 4.79 Å². The third-order valence-corrected chi connectivity index (χ3v) is 5.65. The number of hydrogen-bond acceptors (Lipinski definition) is 8. The van der Waals surface area contributed by atoms with Gasteiger partial charge in [0.25, 0.3) is 5.91 Å². The molecule has 0 unspecified atom stereocenters. The fourth-order valence-electron chi connectivity index (χ4n) is 4.03. The number of methoxy groups -OCH3 is 1. The summed E-state index contributed by atoms with van der Waals surface area (Å²) >= 11 is 0. The number of nitrogens with one attached hydrogen (secondary N) is 1. The highest BCUT2D eigenvalue weighted by Gasteiger charge is 2.32. The molecule has 1 aliphatic rings. The minimum atomic E-state index is -0.278. The van der Waals surface area contributed by atoms with E-state index in [0.29, 0.717) is 41.1 Å². The van der Waals surface area contributed by atoms with Crippen LogP contribution in [0.5, 0.6) is 23.1 Å². The monoisotopic (exact) mass is 489 g/mol. The topological polar surface area (TPSA) is 109 Å². The zero-order chi connectivity index (χ0) is 25.1. The summed E-state index contributed by atoms with van der Waals surface area (Å²) in [5.74, 6) is 2.70. The maximum atomic E-state index is 12.3. The van der Waals surface area contributed by atoms with Gasteiger partial charge in [0.2, 0.25) is 5.88 Å². The van der Waals surface area contributed by atoms with Crippen LogP contribution in [0.2, 0.25) is 0 Å². The van der Waals surface area contributed by atoms with Gasteiger partial charge in [-0.2, -0.15) is 4.52 Å². The van der Waals surface area contributed by atoms with Crippen molar-refractivity contribution in [2.45, 2.75) is 25.9 Å². The number of rotatable bonds is 9. The quantitative estimate of drug-likeness (QED) is 0.357. The van der Waals surface area contributed by atoms with Gasteiger partial charge < -0.3 is 24.3 Å². The van der Waals surface area contributed by atoms with Gasteiger partial charge in [0.15, 0.2) is 29.6 Å². The van der Waals surface area contributed by atoms with Crippen molar-refractivity contribution in [2.75, 3.05) is 26.9 Å². The van der Waals surface area contributed by atoms with E-state index in [4.69, 9.17) is 18.9 Å². The zero-order valence-electron chi connectivity index (χ0n) is 20.4. The van der Waals surface area contributed by atoms with Gasteiger partial charge in [-0.15, -0.1) is 15.3 Å². The summed E-state index contributed by atoms with van der Waals surface area (Å²) in [5.41, 5.74) is 2.21. The third-order valence-electron chi connectivity index (χ3n) is 5.65. The Morgan fingerprint density at radius 3 is 2.83 bits per heavy atom. The van der Waals surface area contributed by atoms with E-state index in [1.54, 1.807) is 23.8 Å². The summed E-state index contributed by atoms with van der Waals surface area (Å²) in [5, 5.41) is 15.7. The van der Waals surface area contributed by atoms with E-state index in [0.717, 1.165) is 17.5 Å². The second kappa shape index (κ2) is 9.73. The highest BCUT2D eigenvalue weighted by Crippen LogP contribution is 2.41. The summed E-state index contributed by atoms with van der Waals surface area (Å²) in [6.45, 7) is 4.47. The second-order valence-corrected chi connectivity index (χ2v) is 8.97. The number of nitrogens with zero attached hydrogens (tertiary/aromatic N) is 4. The fraction of sp³-hybridized carbons (Fsp3) is 0.308. The zero-order valence-corrected chi connectivity index (χ0v) is 20.4. The predicted octanol–water partition coefficient (Wildman–Crippen LogP) is 3.09. The van der Waals surface area contributed by atoms with Crippen LogP contribution in [0, 0.1) is 0 Å². The third kappa shape index (κ3) is 5.02. The first-order valence-electron chi connectivity index (χ1n) is 11.6. The van der Waals surface area contributed by atoms with Crippen LogP contribution in [0.3, 0.4) is 0 Å². The van der Waals surface area contributed by atoms with Crippen molar-refractivity contribution >= 4 is 11.6 Å². The molecule has 3 heterocycles. The van der Waals surface area contributed by atoms with E-state index in [9.17, 15) is 4.79 Å². The van der Waals surface area contributed by atoms with E-state index >= 15 is 0 Å². The summed E-state index contributed by atoms with van der Waals surface area (Å²) in [4.78, 5) is 12.3. The van der Waals surface area contributed by atoms with E-state index in [1.165, 1.54) is 0 Å². The van der Waals surface area contributed by atoms with Crippen LogP contribution in [-0.4, -0.2) is 58.2 Å². The standard InChI is InChI=1S/C26H27N5O5/c1-26(2)15-18-7-5-9-20(24(18)36-26)35-16-22(32)27-12-13-34-23-11-10-21-28-29-25(31(21)30-23)17-6-4-8-19(14-17)33-3/h4-11,14H,12-13,15-16H2,1-3H3,(H,27,32). The average Bonchev–Trinajstić information content (AvgIpc) is 3.44. The molecule has 1 aliphatic heterocycles. The van der Waals surface area contributed by atoms with Crippen LogP contribution in [0.25, 0.3) is 17.0 Å². The molecule has 4 aromatic rings. The molecular formula is C26H27N5O5. The van der Waals surface area contributed by atoms with Crippen LogP contribution in [0.15, 0.2) is 54.6 Å². The number of fused-ring (bicyclic) bond motifs is 2. The molecule has 0 saturated heterocycles. The fourth-order valence-corrected chi connectivity index (χ4v) is 4.03. The highest BCUT2D eigenvalue weighted by molar-refractivity contribution is 5.77. The van der Waals surface area contributed by atoms with E-state index in [2.05, 4.69) is 20.6 Å². The number of aromatic nitrogens is 4. The Balaban J connectivity index is 1.13. The molecule has 0 spiro atoms. The molecule has 1 amide bonds. The molecule has 0 fully saturated rings. The normalized spacial score (nSPS) is 13.6. The van der Waals surface area contributed by atoms with Gasteiger partial charge >= 0.3 is 0 Å². The molecule has 0 radical (unpaired) electrons. The lowest BCUT2D eigenvalue weighted by Crippen LogP contribution is -2.32. The first-order chi connectivity index (χ1) is 17.4. The Bertz CT molecular complexity index is 1400. The maximum absolute atomic E-state index is 12.3. The minimum absolute atomic E-state index is 0.116. The lowest BCUT2D eigenvalue weighted by molar-refractivity contribution is -0.123. The Kier molecular flexibility index (Phi) is 6.32. The van der Waals surface area contributed by atoms with Gasteiger partial charge in [0.1, 0.15) is 18.0 Å². The molecule has 0 aliphatic carbocycles. The minimum Gasteiger partial charge on any atom is -0.497 e. The van der Waals surface area contributed by atoms with Crippen LogP contribution in [-0.2, 0) is 11.2 Å². The lowest BCUT2D eigenvalue weighted by Gasteiger charge is -2.18. The smallest absolute Gasteiger partial charge is 0.258 e. The molecular weight excluding hydrogens is 462 g/mol. The highest BCUT2D eigenvalue weighted by atomic mass is 16.5. The Hall–Kier alpha value is -4.34. The average molecular weight is 490 g/mol. The molecule has 2 aromatic carbocycles. The van der Waals surface area contributed by atoms with Gasteiger partial charge in [-0.25, -0.2) is 0 Å². The molecule has 36 heavy (non-hydrogen) atoms. The van der Waals surface area contributed by atoms with E-state index in [-0.39, 0.29) is 24.7 Å². The van der Waals surface area contributed by atoms with Crippen molar-refractivity contribution < 1.29 is 23.7 Å². The van der Waals surface area contributed by atoms with Crippen LogP contribution >= 0.6 is 0 Å². The summed E-state index contributed by atoms with van der Waals surface area (Å²) in [6.07, 6.45) is 0.805. The van der Waals surface area contributed by atoms with E-state index < -0.39 is 0 Å². The summed E-state index contributed by atoms with van der Waals surface area (Å²) in [6, 6.07) is 16.7. The number of para-hydroxylation sites is 1. The number of carbonyl (C=O) groups is 1. The van der Waals surface area contributed by atoms with E-state index in [1.807, 2.05) is 56.3 Å². The second-order valence-electron chi connectivity index (χ2n) is 8.97. The van der Waals surface area contributed by atoms with Crippen molar-refractivity contribution in [1.82, 2.24) is 25.1 Å². The van der Waals surface area contributed by atoms with Gasteiger partial charge in [-0.1, -0.05) is 24.3 Å². The van der Waals surface area contributed by atoms with Crippen molar-refractivity contribution in [1.29, 1.82) is 0 Å².